The standard InChI is InChI=1S/C21H16O7.C6H10O2/c1-2-17(23)27-10-11-28-21(26)15-5-3-4-12-6-7-13-16(22)9-8-14(20(24)25)19(13)18(12)15;1-3-5-8-6(7)4-2/h2-9,22H,1,10-11H2,(H,24,25);4H,2-3,5H2,1H3/p-1. The van der Waals surface area contributed by atoms with Crippen molar-refractivity contribution in [3.8, 4) is 5.75 Å². The van der Waals surface area contributed by atoms with Gasteiger partial charge >= 0.3 is 23.9 Å². The van der Waals surface area contributed by atoms with E-state index in [1.54, 1.807) is 18.2 Å². The second kappa shape index (κ2) is 13.3. The van der Waals surface area contributed by atoms with Crippen LogP contribution in [0.5, 0.6) is 5.75 Å². The van der Waals surface area contributed by atoms with Crippen LogP contribution in [0.1, 0.15) is 34.1 Å². The van der Waals surface area contributed by atoms with Gasteiger partial charge in [-0.05, 0) is 29.3 Å². The highest BCUT2D eigenvalue weighted by atomic mass is 16.6. The molecule has 3 aromatic rings. The second-order valence-corrected chi connectivity index (χ2v) is 7.19. The molecule has 0 saturated carbocycles. The Kier molecular flexibility index (Phi) is 10.2. The minimum Gasteiger partial charge on any atom is -0.872 e. The van der Waals surface area contributed by atoms with Gasteiger partial charge in [-0.25, -0.2) is 19.2 Å². The van der Waals surface area contributed by atoms with Crippen molar-refractivity contribution in [1.82, 2.24) is 0 Å². The molecule has 0 heterocycles. The molecule has 0 spiro atoms. The van der Waals surface area contributed by atoms with Gasteiger partial charge in [-0.15, -0.1) is 5.75 Å². The van der Waals surface area contributed by atoms with Gasteiger partial charge in [-0.1, -0.05) is 50.4 Å². The summed E-state index contributed by atoms with van der Waals surface area (Å²) in [4.78, 5) is 45.5. The molecule has 9 heteroatoms. The van der Waals surface area contributed by atoms with E-state index in [4.69, 9.17) is 9.47 Å². The Bertz CT molecular complexity index is 1310. The van der Waals surface area contributed by atoms with Gasteiger partial charge in [-0.3, -0.25) is 0 Å². The second-order valence-electron chi connectivity index (χ2n) is 7.19. The van der Waals surface area contributed by atoms with Crippen LogP contribution in [0.3, 0.4) is 0 Å². The minimum atomic E-state index is -1.21. The number of hydrogen-bond donors (Lipinski definition) is 1. The van der Waals surface area contributed by atoms with Crippen LogP contribution in [0, 0.1) is 0 Å². The minimum absolute atomic E-state index is 0.0830. The van der Waals surface area contributed by atoms with Gasteiger partial charge in [0, 0.05) is 22.9 Å². The van der Waals surface area contributed by atoms with Crippen molar-refractivity contribution >= 4 is 45.4 Å². The molecule has 0 fully saturated rings. The van der Waals surface area contributed by atoms with Crippen LogP contribution in [0.25, 0.3) is 21.5 Å². The zero-order chi connectivity index (χ0) is 26.7. The lowest BCUT2D eigenvalue weighted by molar-refractivity contribution is -0.265. The fourth-order valence-corrected chi connectivity index (χ4v) is 3.22. The number of esters is 3. The van der Waals surface area contributed by atoms with Crippen molar-refractivity contribution in [3.05, 3.63) is 78.9 Å². The monoisotopic (exact) mass is 493 g/mol. The summed E-state index contributed by atoms with van der Waals surface area (Å²) in [5.41, 5.74) is 0.0339. The predicted molar refractivity (Wildman–Crippen MR) is 131 cm³/mol. The maximum Gasteiger partial charge on any atom is 0.338 e. The largest absolute Gasteiger partial charge is 0.872 e. The third-order valence-electron chi connectivity index (χ3n) is 4.77. The van der Waals surface area contributed by atoms with Crippen molar-refractivity contribution in [2.75, 3.05) is 19.8 Å². The average Bonchev–Trinajstić information content (AvgIpc) is 2.89. The zero-order valence-electron chi connectivity index (χ0n) is 19.7. The van der Waals surface area contributed by atoms with Gasteiger partial charge in [0.2, 0.25) is 0 Å². The quantitative estimate of drug-likeness (QED) is 0.155. The molecule has 9 nitrogen and oxygen atoms in total. The molecule has 0 saturated heterocycles. The van der Waals surface area contributed by atoms with E-state index >= 15 is 0 Å². The third kappa shape index (κ3) is 6.92. The normalized spacial score (nSPS) is 10.0. The van der Waals surface area contributed by atoms with Crippen LogP contribution in [0.4, 0.5) is 0 Å². The lowest BCUT2D eigenvalue weighted by Crippen LogP contribution is -2.13. The SMILES string of the molecule is C=CC(=O)OCCC.C=CC(=O)OCCOC(=O)c1cccc2ccc3c([O-])ccc(C(=O)O)c3c12. The smallest absolute Gasteiger partial charge is 0.338 e. The first-order valence-corrected chi connectivity index (χ1v) is 10.9. The molecule has 3 aromatic carbocycles. The van der Waals surface area contributed by atoms with Gasteiger partial charge < -0.3 is 24.4 Å². The molecule has 3 rings (SSSR count). The van der Waals surface area contributed by atoms with E-state index in [0.717, 1.165) is 18.6 Å². The molecule has 1 N–H and O–H groups in total. The van der Waals surface area contributed by atoms with Crippen molar-refractivity contribution < 1.29 is 43.6 Å². The molecule has 0 amide bonds. The molecule has 188 valence electrons. The molecule has 36 heavy (non-hydrogen) atoms. The Morgan fingerprint density at radius 2 is 1.47 bits per heavy atom. The lowest BCUT2D eigenvalue weighted by Gasteiger charge is -2.16. The summed E-state index contributed by atoms with van der Waals surface area (Å²) in [5.74, 6) is -3.26. The Morgan fingerprint density at radius 3 is 2.08 bits per heavy atom. The molecular weight excluding hydrogens is 468 g/mol. The van der Waals surface area contributed by atoms with Crippen molar-refractivity contribution in [2.24, 2.45) is 0 Å². The highest BCUT2D eigenvalue weighted by Gasteiger charge is 2.18. The molecule has 0 atom stereocenters. The molecular formula is C27H25O9-. The maximum absolute atomic E-state index is 12.6. The van der Waals surface area contributed by atoms with Gasteiger partial charge in [0.1, 0.15) is 13.2 Å². The first kappa shape index (κ1) is 27.6. The van der Waals surface area contributed by atoms with E-state index in [1.807, 2.05) is 6.92 Å². The number of carbonyl (C=O) groups excluding carboxylic acids is 3. The van der Waals surface area contributed by atoms with Crippen LogP contribution in [0.2, 0.25) is 0 Å². The van der Waals surface area contributed by atoms with Crippen molar-refractivity contribution in [3.63, 3.8) is 0 Å². The van der Waals surface area contributed by atoms with E-state index in [9.17, 15) is 29.4 Å². The molecule has 0 bridgehead atoms. The number of aromatic carboxylic acids is 1. The number of fused-ring (bicyclic) bond motifs is 3. The Balaban J connectivity index is 0.000000493. The van der Waals surface area contributed by atoms with Gasteiger partial charge in [0.25, 0.3) is 0 Å². The molecule has 0 aliphatic heterocycles. The fourth-order valence-electron chi connectivity index (χ4n) is 3.22. The topological polar surface area (TPSA) is 139 Å². The zero-order valence-corrected chi connectivity index (χ0v) is 19.7. The summed E-state index contributed by atoms with van der Waals surface area (Å²) in [5, 5.41) is 23.1. The van der Waals surface area contributed by atoms with Crippen molar-refractivity contribution in [2.45, 2.75) is 13.3 Å². The first-order valence-electron chi connectivity index (χ1n) is 10.9. The highest BCUT2D eigenvalue weighted by molar-refractivity contribution is 6.22. The van der Waals surface area contributed by atoms with E-state index in [0.29, 0.717) is 17.4 Å². The van der Waals surface area contributed by atoms with E-state index < -0.39 is 17.9 Å². The highest BCUT2D eigenvalue weighted by Crippen LogP contribution is 2.35. The number of carboxylic acids is 1. The number of hydrogen-bond acceptors (Lipinski definition) is 8. The van der Waals surface area contributed by atoms with Crippen molar-refractivity contribution in [1.29, 1.82) is 0 Å². The Morgan fingerprint density at radius 1 is 0.833 bits per heavy atom. The number of carbonyl (C=O) groups is 4. The molecule has 0 radical (unpaired) electrons. The molecule has 0 aromatic heterocycles. The fraction of sp³-hybridized carbons (Fsp3) is 0.185. The Labute approximate surface area is 207 Å². The molecule has 0 unspecified atom stereocenters. The third-order valence-corrected chi connectivity index (χ3v) is 4.77. The number of ether oxygens (including phenoxy) is 3. The summed E-state index contributed by atoms with van der Waals surface area (Å²) in [6.07, 6.45) is 3.02. The summed E-state index contributed by atoms with van der Waals surface area (Å²) in [6.45, 7) is 8.60. The maximum atomic E-state index is 12.6. The number of carboxylic acid groups (broad SMARTS) is 1. The average molecular weight is 493 g/mol. The number of rotatable bonds is 9. The summed E-state index contributed by atoms with van der Waals surface area (Å²) in [6, 6.07) is 10.4. The Hall–Kier alpha value is -4.66. The summed E-state index contributed by atoms with van der Waals surface area (Å²) >= 11 is 0. The van der Waals surface area contributed by atoms with Crippen LogP contribution < -0.4 is 5.11 Å². The molecule has 0 aliphatic carbocycles. The molecule has 0 aliphatic rings. The first-order chi connectivity index (χ1) is 17.2. The lowest BCUT2D eigenvalue weighted by atomic mass is 9.94. The van der Waals surface area contributed by atoms with Crippen LogP contribution in [-0.4, -0.2) is 48.8 Å². The van der Waals surface area contributed by atoms with Gasteiger partial charge in [0.05, 0.1) is 17.7 Å². The number of benzene rings is 3. The van der Waals surface area contributed by atoms with Crippen LogP contribution in [-0.2, 0) is 23.8 Å². The van der Waals surface area contributed by atoms with E-state index in [-0.39, 0.29) is 46.8 Å². The predicted octanol–water partition coefficient (Wildman–Crippen LogP) is 3.78. The summed E-state index contributed by atoms with van der Waals surface area (Å²) in [7, 11) is 0. The van der Waals surface area contributed by atoms with Crippen LogP contribution in [0.15, 0.2) is 67.8 Å². The van der Waals surface area contributed by atoms with Gasteiger partial charge in [0.15, 0.2) is 0 Å². The summed E-state index contributed by atoms with van der Waals surface area (Å²) < 4.78 is 14.5. The van der Waals surface area contributed by atoms with Crippen LogP contribution >= 0.6 is 0 Å². The van der Waals surface area contributed by atoms with E-state index in [2.05, 4.69) is 17.9 Å². The van der Waals surface area contributed by atoms with E-state index in [1.165, 1.54) is 24.3 Å². The van der Waals surface area contributed by atoms with Gasteiger partial charge in [-0.2, -0.15) is 0 Å².